The summed E-state index contributed by atoms with van der Waals surface area (Å²) in [6.45, 7) is 4.84. The zero-order chi connectivity index (χ0) is 31.4. The Labute approximate surface area is 255 Å². The minimum Gasteiger partial charge on any atom is -0.478 e. The molecule has 0 spiro atoms. The number of carbonyl (C=O) groups is 4. The van der Waals surface area contributed by atoms with E-state index in [-0.39, 0.29) is 22.1 Å². The summed E-state index contributed by atoms with van der Waals surface area (Å²) in [5, 5.41) is 31.2. The van der Waals surface area contributed by atoms with Crippen molar-refractivity contribution >= 4 is 66.8 Å². The number of carboxylic acid groups (broad SMARTS) is 2. The quantitative estimate of drug-likeness (QED) is 0.0590. The van der Waals surface area contributed by atoms with Crippen LogP contribution < -0.4 is 10.6 Å². The van der Waals surface area contributed by atoms with Crippen LogP contribution in [0.4, 0.5) is 0 Å². The second-order valence-electron chi connectivity index (χ2n) is 11.4. The molecule has 2 amide bonds. The molecule has 0 saturated heterocycles. The van der Waals surface area contributed by atoms with Crippen molar-refractivity contribution in [3.05, 3.63) is 70.8 Å². The molecule has 5 aromatic rings. The van der Waals surface area contributed by atoms with Crippen LogP contribution in [-0.2, 0) is 0 Å². The number of fused-ring (bicyclic) bond motifs is 2. The van der Waals surface area contributed by atoms with Crippen molar-refractivity contribution in [2.45, 2.75) is 65.2 Å². The lowest BCUT2D eigenvalue weighted by atomic mass is 9.81. The number of aromatic carboxylic acids is 2. The summed E-state index contributed by atoms with van der Waals surface area (Å²) in [5.74, 6) is -4.05. The zero-order valence-corrected chi connectivity index (χ0v) is 25.2. The summed E-state index contributed by atoms with van der Waals surface area (Å²) in [6, 6.07) is 14.5. The summed E-state index contributed by atoms with van der Waals surface area (Å²) in [4.78, 5) is 53.9. The number of nitrogens with one attached hydrogen (secondary N) is 2. The van der Waals surface area contributed by atoms with Gasteiger partial charge in [-0.15, -0.1) is 0 Å². The van der Waals surface area contributed by atoms with Gasteiger partial charge in [0.05, 0.1) is 22.3 Å². The molecule has 0 heterocycles. The SMILES string of the molecule is CCCCCCNC(=O)c1c(C(=O)O)c2c(C(=O)O)ccc3c4cccc5cccc(c(c1C(=O)NCCCCCC)c23)c54. The number of hydrogen-bond acceptors (Lipinski definition) is 4. The summed E-state index contributed by atoms with van der Waals surface area (Å²) >= 11 is 0. The van der Waals surface area contributed by atoms with Crippen LogP contribution >= 0.6 is 0 Å². The van der Waals surface area contributed by atoms with E-state index in [1.807, 2.05) is 36.4 Å². The van der Waals surface area contributed by atoms with Crippen LogP contribution in [0.3, 0.4) is 0 Å². The molecule has 0 atom stereocenters. The van der Waals surface area contributed by atoms with Crippen molar-refractivity contribution in [1.29, 1.82) is 0 Å². The van der Waals surface area contributed by atoms with Crippen LogP contribution in [0, 0.1) is 0 Å². The summed E-state index contributed by atoms with van der Waals surface area (Å²) in [5.41, 5.74) is -1.06. The van der Waals surface area contributed by atoms with E-state index in [0.717, 1.165) is 61.1 Å². The van der Waals surface area contributed by atoms with Gasteiger partial charge in [0.1, 0.15) is 0 Å². The highest BCUT2D eigenvalue weighted by atomic mass is 16.4. The minimum atomic E-state index is -1.47. The molecule has 0 bridgehead atoms. The molecule has 5 aromatic carbocycles. The van der Waals surface area contributed by atoms with Gasteiger partial charge in [0.15, 0.2) is 0 Å². The van der Waals surface area contributed by atoms with E-state index in [1.165, 1.54) is 6.07 Å². The Hall–Kier alpha value is -4.72. The first kappa shape index (κ1) is 30.7. The van der Waals surface area contributed by atoms with E-state index in [9.17, 15) is 29.4 Å². The number of rotatable bonds is 14. The topological polar surface area (TPSA) is 133 Å². The maximum Gasteiger partial charge on any atom is 0.337 e. The normalized spacial score (nSPS) is 11.5. The van der Waals surface area contributed by atoms with Crippen LogP contribution in [0.1, 0.15) is 107 Å². The van der Waals surface area contributed by atoms with Crippen molar-refractivity contribution in [3.63, 3.8) is 0 Å². The van der Waals surface area contributed by atoms with E-state index in [4.69, 9.17) is 0 Å². The van der Waals surface area contributed by atoms with Crippen molar-refractivity contribution < 1.29 is 29.4 Å². The number of amides is 2. The van der Waals surface area contributed by atoms with Crippen molar-refractivity contribution in [3.8, 4) is 0 Å². The van der Waals surface area contributed by atoms with Gasteiger partial charge >= 0.3 is 11.9 Å². The number of carboxylic acids is 2. The number of unbranched alkanes of at least 4 members (excludes halogenated alkanes) is 6. The fraction of sp³-hybridized carbons (Fsp3) is 0.333. The molecule has 8 heteroatoms. The highest BCUT2D eigenvalue weighted by Gasteiger charge is 2.33. The molecule has 0 aliphatic carbocycles. The zero-order valence-electron chi connectivity index (χ0n) is 25.2. The molecule has 44 heavy (non-hydrogen) atoms. The third-order valence-corrected chi connectivity index (χ3v) is 8.45. The predicted octanol–water partition coefficient (Wildman–Crippen LogP) is 7.75. The molecular formula is C36H38N2O6. The van der Waals surface area contributed by atoms with Crippen LogP contribution in [0.5, 0.6) is 0 Å². The highest BCUT2D eigenvalue weighted by molar-refractivity contribution is 6.40. The van der Waals surface area contributed by atoms with Crippen molar-refractivity contribution in [2.75, 3.05) is 13.1 Å². The Morgan fingerprint density at radius 2 is 1.11 bits per heavy atom. The minimum absolute atomic E-state index is 0.0396. The first-order valence-electron chi connectivity index (χ1n) is 15.5. The van der Waals surface area contributed by atoms with E-state index in [2.05, 4.69) is 24.5 Å². The lowest BCUT2D eigenvalue weighted by Crippen LogP contribution is -2.33. The van der Waals surface area contributed by atoms with Gasteiger partial charge in [-0.2, -0.15) is 0 Å². The monoisotopic (exact) mass is 594 g/mol. The van der Waals surface area contributed by atoms with Crippen molar-refractivity contribution in [1.82, 2.24) is 10.6 Å². The third-order valence-electron chi connectivity index (χ3n) is 8.45. The Bertz CT molecular complexity index is 1890. The molecular weight excluding hydrogens is 556 g/mol. The second kappa shape index (κ2) is 13.3. The Morgan fingerprint density at radius 1 is 0.545 bits per heavy atom. The molecule has 0 radical (unpaired) electrons. The van der Waals surface area contributed by atoms with E-state index >= 15 is 0 Å². The Kier molecular flexibility index (Phi) is 9.28. The third kappa shape index (κ3) is 5.52. The second-order valence-corrected chi connectivity index (χ2v) is 11.4. The molecule has 0 saturated carbocycles. The number of hydrogen-bond donors (Lipinski definition) is 4. The van der Waals surface area contributed by atoms with Gasteiger partial charge in [0, 0.05) is 23.9 Å². The summed E-state index contributed by atoms with van der Waals surface area (Å²) < 4.78 is 0. The molecule has 0 aliphatic rings. The van der Waals surface area contributed by atoms with Gasteiger partial charge in [-0.3, -0.25) is 9.59 Å². The average Bonchev–Trinajstić information content (AvgIpc) is 3.01. The highest BCUT2D eigenvalue weighted by Crippen LogP contribution is 2.45. The molecule has 5 rings (SSSR count). The number of carbonyl (C=O) groups excluding carboxylic acids is 2. The fourth-order valence-corrected chi connectivity index (χ4v) is 6.42. The van der Waals surface area contributed by atoms with E-state index in [1.54, 1.807) is 6.07 Å². The van der Waals surface area contributed by atoms with Crippen LogP contribution in [-0.4, -0.2) is 47.1 Å². The van der Waals surface area contributed by atoms with Gasteiger partial charge < -0.3 is 20.8 Å². The van der Waals surface area contributed by atoms with Crippen LogP contribution in [0.2, 0.25) is 0 Å². The maximum absolute atomic E-state index is 14.2. The van der Waals surface area contributed by atoms with Crippen LogP contribution in [0.25, 0.3) is 43.1 Å². The lowest BCUT2D eigenvalue weighted by molar-refractivity contribution is 0.0692. The number of benzene rings is 5. The fourth-order valence-electron chi connectivity index (χ4n) is 6.42. The molecule has 0 aromatic heterocycles. The van der Waals surface area contributed by atoms with Crippen LogP contribution in [0.15, 0.2) is 48.5 Å². The van der Waals surface area contributed by atoms with Gasteiger partial charge in [0.2, 0.25) is 0 Å². The molecule has 8 nitrogen and oxygen atoms in total. The van der Waals surface area contributed by atoms with E-state index in [0.29, 0.717) is 41.1 Å². The summed E-state index contributed by atoms with van der Waals surface area (Å²) in [7, 11) is 0. The molecule has 0 unspecified atom stereocenters. The Balaban J connectivity index is 1.90. The first-order valence-corrected chi connectivity index (χ1v) is 15.5. The van der Waals surface area contributed by atoms with E-state index < -0.39 is 29.3 Å². The van der Waals surface area contributed by atoms with Gasteiger partial charge in [0.25, 0.3) is 11.8 Å². The molecule has 4 N–H and O–H groups in total. The van der Waals surface area contributed by atoms with Crippen molar-refractivity contribution in [2.24, 2.45) is 0 Å². The first-order chi connectivity index (χ1) is 21.3. The molecule has 0 aliphatic heterocycles. The van der Waals surface area contributed by atoms with Gasteiger partial charge in [-0.25, -0.2) is 9.59 Å². The van der Waals surface area contributed by atoms with Gasteiger partial charge in [-0.05, 0) is 51.2 Å². The predicted molar refractivity (Wildman–Crippen MR) is 175 cm³/mol. The van der Waals surface area contributed by atoms with Gasteiger partial charge in [-0.1, -0.05) is 94.8 Å². The summed E-state index contributed by atoms with van der Waals surface area (Å²) in [6.07, 6.45) is 7.31. The molecule has 228 valence electrons. The smallest absolute Gasteiger partial charge is 0.337 e. The maximum atomic E-state index is 14.2. The standard InChI is InChI=1S/C36H38N2O6/c1-3-5-7-9-19-37-33(39)30-28-24-16-12-14-21-13-11-15-22(26(21)24)23-17-18-25(35(41)42)29(27(23)28)32(36(43)44)31(30)34(40)38-20-10-8-6-4-2/h11-18H,3-10,19-20H2,1-2H3,(H,37,39)(H,38,40)(H,41,42)(H,43,44). The lowest BCUT2D eigenvalue weighted by Gasteiger charge is -2.23. The molecule has 0 fully saturated rings. The largest absolute Gasteiger partial charge is 0.478 e. The average molecular weight is 595 g/mol. The Morgan fingerprint density at radius 3 is 1.68 bits per heavy atom.